The van der Waals surface area contributed by atoms with Crippen LogP contribution < -0.4 is 10.2 Å². The van der Waals surface area contributed by atoms with Crippen LogP contribution in [-0.2, 0) is 6.54 Å². The number of anilines is 1. The first kappa shape index (κ1) is 14.9. The molecule has 1 unspecified atom stereocenters. The standard InChI is InChI=1S/C16H25BrN2/c1-3-9-18-12-14-7-8-15(11-16(14)17)19-10-5-4-6-13(19)2/h7-8,11,13,18H,3-6,9-10,12H2,1-2H3. The summed E-state index contributed by atoms with van der Waals surface area (Å²) in [6.07, 6.45) is 5.19. The molecule has 1 N–H and O–H groups in total. The number of hydrogen-bond donors (Lipinski definition) is 1. The lowest BCUT2D eigenvalue weighted by Crippen LogP contribution is -2.37. The van der Waals surface area contributed by atoms with Gasteiger partial charge in [0.2, 0.25) is 0 Å². The molecule has 0 amide bonds. The van der Waals surface area contributed by atoms with Gasteiger partial charge in [0.1, 0.15) is 0 Å². The third kappa shape index (κ3) is 3.96. The summed E-state index contributed by atoms with van der Waals surface area (Å²) in [5, 5.41) is 3.46. The molecule has 0 aliphatic carbocycles. The Morgan fingerprint density at radius 3 is 2.89 bits per heavy atom. The number of hydrogen-bond acceptors (Lipinski definition) is 2. The molecular weight excluding hydrogens is 300 g/mol. The smallest absolute Gasteiger partial charge is 0.0380 e. The number of benzene rings is 1. The first-order valence-corrected chi connectivity index (χ1v) is 8.27. The summed E-state index contributed by atoms with van der Waals surface area (Å²) >= 11 is 3.72. The second-order valence-corrected chi connectivity index (χ2v) is 6.35. The highest BCUT2D eigenvalue weighted by Crippen LogP contribution is 2.29. The van der Waals surface area contributed by atoms with Crippen molar-refractivity contribution in [3.05, 3.63) is 28.2 Å². The molecule has 1 fully saturated rings. The molecule has 19 heavy (non-hydrogen) atoms. The second-order valence-electron chi connectivity index (χ2n) is 5.49. The summed E-state index contributed by atoms with van der Waals surface area (Å²) in [7, 11) is 0. The van der Waals surface area contributed by atoms with Crippen molar-refractivity contribution >= 4 is 21.6 Å². The highest BCUT2D eigenvalue weighted by molar-refractivity contribution is 9.10. The topological polar surface area (TPSA) is 15.3 Å². The molecule has 2 rings (SSSR count). The van der Waals surface area contributed by atoms with Crippen molar-refractivity contribution in [2.75, 3.05) is 18.0 Å². The lowest BCUT2D eigenvalue weighted by Gasteiger charge is -2.35. The molecular formula is C16H25BrN2. The zero-order chi connectivity index (χ0) is 13.7. The van der Waals surface area contributed by atoms with Crippen molar-refractivity contribution in [3.63, 3.8) is 0 Å². The van der Waals surface area contributed by atoms with Gasteiger partial charge in [0.15, 0.2) is 0 Å². The monoisotopic (exact) mass is 324 g/mol. The Hall–Kier alpha value is -0.540. The van der Waals surface area contributed by atoms with Gasteiger partial charge in [0, 0.05) is 29.3 Å². The van der Waals surface area contributed by atoms with Crippen molar-refractivity contribution in [2.24, 2.45) is 0 Å². The predicted molar refractivity (Wildman–Crippen MR) is 86.8 cm³/mol. The number of nitrogens with one attached hydrogen (secondary N) is 1. The van der Waals surface area contributed by atoms with Crippen molar-refractivity contribution < 1.29 is 0 Å². The van der Waals surface area contributed by atoms with Crippen LogP contribution >= 0.6 is 15.9 Å². The Labute approximate surface area is 125 Å². The fourth-order valence-corrected chi connectivity index (χ4v) is 3.25. The van der Waals surface area contributed by atoms with Gasteiger partial charge in [-0.3, -0.25) is 0 Å². The van der Waals surface area contributed by atoms with Crippen molar-refractivity contribution in [1.82, 2.24) is 5.32 Å². The molecule has 0 spiro atoms. The van der Waals surface area contributed by atoms with E-state index in [1.165, 1.54) is 48.0 Å². The van der Waals surface area contributed by atoms with Crippen LogP contribution in [0.3, 0.4) is 0 Å². The van der Waals surface area contributed by atoms with Crippen molar-refractivity contribution in [2.45, 2.75) is 52.1 Å². The summed E-state index contributed by atoms with van der Waals surface area (Å²) in [4.78, 5) is 2.54. The van der Waals surface area contributed by atoms with E-state index in [0.29, 0.717) is 6.04 Å². The van der Waals surface area contributed by atoms with E-state index in [9.17, 15) is 0 Å². The molecule has 2 nitrogen and oxygen atoms in total. The van der Waals surface area contributed by atoms with Crippen LogP contribution in [-0.4, -0.2) is 19.1 Å². The van der Waals surface area contributed by atoms with E-state index in [1.54, 1.807) is 0 Å². The highest BCUT2D eigenvalue weighted by Gasteiger charge is 2.18. The van der Waals surface area contributed by atoms with Gasteiger partial charge in [-0.15, -0.1) is 0 Å². The lowest BCUT2D eigenvalue weighted by molar-refractivity contribution is 0.485. The molecule has 1 atom stereocenters. The van der Waals surface area contributed by atoms with Crippen LogP contribution in [0.1, 0.15) is 45.1 Å². The third-order valence-electron chi connectivity index (χ3n) is 3.91. The summed E-state index contributed by atoms with van der Waals surface area (Å²) in [6, 6.07) is 7.48. The largest absolute Gasteiger partial charge is 0.369 e. The Bertz CT molecular complexity index is 406. The Balaban J connectivity index is 2.05. The molecule has 1 aromatic rings. The van der Waals surface area contributed by atoms with Crippen LogP contribution in [0.2, 0.25) is 0 Å². The van der Waals surface area contributed by atoms with E-state index < -0.39 is 0 Å². The maximum absolute atomic E-state index is 3.72. The predicted octanol–water partition coefficient (Wildman–Crippen LogP) is 4.33. The van der Waals surface area contributed by atoms with Crippen LogP contribution in [0.5, 0.6) is 0 Å². The quantitative estimate of drug-likeness (QED) is 0.811. The average Bonchev–Trinajstić information content (AvgIpc) is 2.41. The molecule has 106 valence electrons. The summed E-state index contributed by atoms with van der Waals surface area (Å²) < 4.78 is 1.23. The minimum absolute atomic E-state index is 0.671. The van der Waals surface area contributed by atoms with E-state index in [1.807, 2.05) is 0 Å². The van der Waals surface area contributed by atoms with E-state index in [4.69, 9.17) is 0 Å². The second kappa shape index (κ2) is 7.30. The van der Waals surface area contributed by atoms with Gasteiger partial charge in [0.25, 0.3) is 0 Å². The molecule has 0 radical (unpaired) electrons. The molecule has 1 saturated heterocycles. The zero-order valence-corrected chi connectivity index (χ0v) is 13.7. The first-order chi connectivity index (χ1) is 9.22. The van der Waals surface area contributed by atoms with E-state index in [0.717, 1.165) is 13.1 Å². The maximum atomic E-state index is 3.72. The fourth-order valence-electron chi connectivity index (χ4n) is 2.74. The van der Waals surface area contributed by atoms with Gasteiger partial charge in [-0.1, -0.05) is 28.9 Å². The van der Waals surface area contributed by atoms with Crippen molar-refractivity contribution in [1.29, 1.82) is 0 Å². The number of nitrogens with zero attached hydrogens (tertiary/aromatic N) is 1. The number of piperidine rings is 1. The van der Waals surface area contributed by atoms with Gasteiger partial charge >= 0.3 is 0 Å². The zero-order valence-electron chi connectivity index (χ0n) is 12.1. The minimum Gasteiger partial charge on any atom is -0.369 e. The summed E-state index contributed by atoms with van der Waals surface area (Å²) in [6.45, 7) is 7.76. The van der Waals surface area contributed by atoms with E-state index >= 15 is 0 Å². The molecule has 0 bridgehead atoms. The summed E-state index contributed by atoms with van der Waals surface area (Å²) in [5.41, 5.74) is 2.71. The van der Waals surface area contributed by atoms with Crippen molar-refractivity contribution in [3.8, 4) is 0 Å². The van der Waals surface area contributed by atoms with Gasteiger partial charge in [0.05, 0.1) is 0 Å². The number of rotatable bonds is 5. The maximum Gasteiger partial charge on any atom is 0.0380 e. The van der Waals surface area contributed by atoms with E-state index in [-0.39, 0.29) is 0 Å². The first-order valence-electron chi connectivity index (χ1n) is 7.48. The van der Waals surface area contributed by atoms with Crippen LogP contribution in [0.4, 0.5) is 5.69 Å². The molecule has 1 aliphatic heterocycles. The fraction of sp³-hybridized carbons (Fsp3) is 0.625. The average molecular weight is 325 g/mol. The molecule has 0 saturated carbocycles. The molecule has 0 aromatic heterocycles. The van der Waals surface area contributed by atoms with E-state index in [2.05, 4.69) is 58.2 Å². The SMILES string of the molecule is CCCNCc1ccc(N2CCCCC2C)cc1Br. The molecule has 3 heteroatoms. The van der Waals surface area contributed by atoms with Gasteiger partial charge in [-0.05, 0) is 56.8 Å². The number of halogens is 1. The summed E-state index contributed by atoms with van der Waals surface area (Å²) in [5.74, 6) is 0. The van der Waals surface area contributed by atoms with Crippen LogP contribution in [0.15, 0.2) is 22.7 Å². The van der Waals surface area contributed by atoms with Gasteiger partial charge in [-0.25, -0.2) is 0 Å². The molecule has 1 aliphatic rings. The molecule has 1 aromatic carbocycles. The molecule has 1 heterocycles. The third-order valence-corrected chi connectivity index (χ3v) is 4.65. The lowest BCUT2D eigenvalue weighted by atomic mass is 10.0. The Morgan fingerprint density at radius 1 is 1.37 bits per heavy atom. The Morgan fingerprint density at radius 2 is 2.21 bits per heavy atom. The highest BCUT2D eigenvalue weighted by atomic mass is 79.9. The normalized spacial score (nSPS) is 19.7. The minimum atomic E-state index is 0.671. The van der Waals surface area contributed by atoms with Gasteiger partial charge in [-0.2, -0.15) is 0 Å². The van der Waals surface area contributed by atoms with Crippen LogP contribution in [0.25, 0.3) is 0 Å². The van der Waals surface area contributed by atoms with Gasteiger partial charge < -0.3 is 10.2 Å². The Kier molecular flexibility index (Phi) is 5.71. The van der Waals surface area contributed by atoms with Crippen LogP contribution in [0, 0.1) is 0 Å².